The van der Waals surface area contributed by atoms with Gasteiger partial charge in [-0.25, -0.2) is 9.59 Å². The summed E-state index contributed by atoms with van der Waals surface area (Å²) >= 11 is 6.23. The Balaban J connectivity index is 0.000000487. The lowest BCUT2D eigenvalue weighted by Gasteiger charge is -2.32. The van der Waals surface area contributed by atoms with E-state index < -0.39 is 11.9 Å². The molecule has 1 aromatic rings. The molecule has 144 valence electrons. The van der Waals surface area contributed by atoms with Crippen LogP contribution >= 0.6 is 11.6 Å². The van der Waals surface area contributed by atoms with Crippen molar-refractivity contribution in [2.24, 2.45) is 0 Å². The van der Waals surface area contributed by atoms with Crippen molar-refractivity contribution in [3.8, 4) is 5.75 Å². The predicted molar refractivity (Wildman–Crippen MR) is 100 cm³/mol. The molecule has 1 saturated heterocycles. The summed E-state index contributed by atoms with van der Waals surface area (Å²) in [5.41, 5.74) is 1.10. The van der Waals surface area contributed by atoms with Gasteiger partial charge in [0.15, 0.2) is 0 Å². The number of carboxylic acid groups (broad SMARTS) is 2. The van der Waals surface area contributed by atoms with Gasteiger partial charge in [0, 0.05) is 32.7 Å². The molecular formula is C18H25ClN2O5. The number of nitrogens with zero attached hydrogens (tertiary/aromatic N) is 2. The van der Waals surface area contributed by atoms with Gasteiger partial charge in [-0.05, 0) is 25.1 Å². The third kappa shape index (κ3) is 7.86. The SMILES string of the molecule is C=CCc1cccc(Cl)c1OCCN1CCN(C)CC1.O=C(O)C(=O)O. The molecule has 0 spiro atoms. The number of hydrogen-bond donors (Lipinski definition) is 2. The Kier molecular flexibility index (Phi) is 9.72. The molecule has 0 atom stereocenters. The van der Waals surface area contributed by atoms with Crippen molar-refractivity contribution in [3.63, 3.8) is 0 Å². The fourth-order valence-corrected chi connectivity index (χ4v) is 2.63. The molecule has 0 aromatic heterocycles. The van der Waals surface area contributed by atoms with Gasteiger partial charge < -0.3 is 19.8 Å². The van der Waals surface area contributed by atoms with E-state index in [-0.39, 0.29) is 0 Å². The molecule has 1 aliphatic heterocycles. The Morgan fingerprint density at radius 1 is 1.23 bits per heavy atom. The number of piperazine rings is 1. The summed E-state index contributed by atoms with van der Waals surface area (Å²) in [6.45, 7) is 9.90. The Labute approximate surface area is 158 Å². The van der Waals surface area contributed by atoms with Crippen molar-refractivity contribution in [1.82, 2.24) is 9.80 Å². The van der Waals surface area contributed by atoms with Crippen LogP contribution in [0.3, 0.4) is 0 Å². The van der Waals surface area contributed by atoms with Crippen molar-refractivity contribution in [2.45, 2.75) is 6.42 Å². The number of halogens is 1. The first-order chi connectivity index (χ1) is 12.3. The van der Waals surface area contributed by atoms with Gasteiger partial charge in [-0.1, -0.05) is 29.8 Å². The molecule has 0 bridgehead atoms. The van der Waals surface area contributed by atoms with Crippen LogP contribution in [0.1, 0.15) is 5.56 Å². The quantitative estimate of drug-likeness (QED) is 0.571. The van der Waals surface area contributed by atoms with Gasteiger partial charge in [0.2, 0.25) is 0 Å². The normalized spacial score (nSPS) is 14.8. The lowest BCUT2D eigenvalue weighted by Crippen LogP contribution is -2.45. The first kappa shape index (κ1) is 22.0. The fraction of sp³-hybridized carbons (Fsp3) is 0.444. The molecule has 0 radical (unpaired) electrons. The minimum absolute atomic E-state index is 0.678. The maximum absolute atomic E-state index is 9.10. The molecule has 0 amide bonds. The Hall–Kier alpha value is -2.09. The summed E-state index contributed by atoms with van der Waals surface area (Å²) < 4.78 is 5.92. The van der Waals surface area contributed by atoms with Gasteiger partial charge in [-0.15, -0.1) is 6.58 Å². The van der Waals surface area contributed by atoms with Crippen LogP contribution in [-0.2, 0) is 16.0 Å². The second-order valence-corrected chi connectivity index (χ2v) is 6.23. The number of carbonyl (C=O) groups is 2. The Bertz CT molecular complexity index is 604. The molecule has 2 N–H and O–H groups in total. The molecule has 7 nitrogen and oxygen atoms in total. The summed E-state index contributed by atoms with van der Waals surface area (Å²) in [6.07, 6.45) is 2.66. The second-order valence-electron chi connectivity index (χ2n) is 5.82. The predicted octanol–water partition coefficient (Wildman–Crippen LogP) is 1.85. The van der Waals surface area contributed by atoms with Crippen molar-refractivity contribution in [2.75, 3.05) is 46.4 Å². The fourth-order valence-electron chi connectivity index (χ4n) is 2.38. The van der Waals surface area contributed by atoms with Gasteiger partial charge in [0.1, 0.15) is 12.4 Å². The van der Waals surface area contributed by atoms with Gasteiger partial charge in [0.25, 0.3) is 0 Å². The first-order valence-corrected chi connectivity index (χ1v) is 8.61. The number of hydrogen-bond acceptors (Lipinski definition) is 5. The summed E-state index contributed by atoms with van der Waals surface area (Å²) in [6, 6.07) is 5.87. The highest BCUT2D eigenvalue weighted by atomic mass is 35.5. The average Bonchev–Trinajstić information content (AvgIpc) is 2.59. The average molecular weight is 385 g/mol. The van der Waals surface area contributed by atoms with Crippen molar-refractivity contribution < 1.29 is 24.5 Å². The lowest BCUT2D eigenvalue weighted by molar-refractivity contribution is -0.159. The van der Waals surface area contributed by atoms with Gasteiger partial charge in [-0.2, -0.15) is 0 Å². The van der Waals surface area contributed by atoms with Crippen LogP contribution in [0, 0.1) is 0 Å². The van der Waals surface area contributed by atoms with Crippen LogP contribution in [0.15, 0.2) is 30.9 Å². The van der Waals surface area contributed by atoms with E-state index in [1.165, 1.54) is 0 Å². The first-order valence-electron chi connectivity index (χ1n) is 8.23. The van der Waals surface area contributed by atoms with E-state index in [0.29, 0.717) is 11.6 Å². The molecule has 26 heavy (non-hydrogen) atoms. The monoisotopic (exact) mass is 384 g/mol. The molecule has 0 aliphatic carbocycles. The van der Waals surface area contributed by atoms with Crippen molar-refractivity contribution >= 4 is 23.5 Å². The number of benzene rings is 1. The van der Waals surface area contributed by atoms with E-state index in [0.717, 1.165) is 50.5 Å². The number of rotatable bonds is 6. The zero-order valence-corrected chi connectivity index (χ0v) is 15.6. The number of likely N-dealkylation sites (N-methyl/N-ethyl adjacent to an activating group) is 1. The smallest absolute Gasteiger partial charge is 0.414 e. The van der Waals surface area contributed by atoms with Crippen molar-refractivity contribution in [3.05, 3.63) is 41.4 Å². The van der Waals surface area contributed by atoms with Crippen LogP contribution in [0.2, 0.25) is 5.02 Å². The molecule has 1 aliphatic rings. The molecule has 1 heterocycles. The number of allylic oxidation sites excluding steroid dienone is 1. The third-order valence-electron chi connectivity index (χ3n) is 3.85. The topological polar surface area (TPSA) is 90.3 Å². The largest absolute Gasteiger partial charge is 0.490 e. The molecule has 0 unspecified atom stereocenters. The van der Waals surface area contributed by atoms with Crippen LogP contribution < -0.4 is 4.74 Å². The molecule has 2 rings (SSSR count). The molecule has 1 aromatic carbocycles. The Morgan fingerprint density at radius 3 is 2.38 bits per heavy atom. The van der Waals surface area contributed by atoms with Crippen LogP contribution in [0.4, 0.5) is 0 Å². The van der Waals surface area contributed by atoms with Gasteiger partial charge in [-0.3, -0.25) is 4.90 Å². The summed E-state index contributed by atoms with van der Waals surface area (Å²) in [5, 5.41) is 15.5. The van der Waals surface area contributed by atoms with E-state index in [4.69, 9.17) is 36.1 Å². The van der Waals surface area contributed by atoms with E-state index in [2.05, 4.69) is 23.4 Å². The third-order valence-corrected chi connectivity index (χ3v) is 4.14. The number of para-hydroxylation sites is 1. The zero-order chi connectivity index (χ0) is 19.5. The van der Waals surface area contributed by atoms with Gasteiger partial charge in [0.05, 0.1) is 5.02 Å². The maximum Gasteiger partial charge on any atom is 0.414 e. The molecule has 8 heteroatoms. The van der Waals surface area contributed by atoms with Crippen LogP contribution in [-0.4, -0.2) is 78.3 Å². The minimum atomic E-state index is -1.82. The molecular weight excluding hydrogens is 360 g/mol. The highest BCUT2D eigenvalue weighted by Crippen LogP contribution is 2.29. The lowest BCUT2D eigenvalue weighted by atomic mass is 10.1. The highest BCUT2D eigenvalue weighted by molar-refractivity contribution is 6.32. The number of ether oxygens (including phenoxy) is 1. The number of carboxylic acids is 2. The summed E-state index contributed by atoms with van der Waals surface area (Å²) in [7, 11) is 2.17. The Morgan fingerprint density at radius 2 is 1.85 bits per heavy atom. The van der Waals surface area contributed by atoms with E-state index in [1.807, 2.05) is 24.3 Å². The minimum Gasteiger partial charge on any atom is -0.490 e. The number of aliphatic carboxylic acids is 2. The summed E-state index contributed by atoms with van der Waals surface area (Å²) in [5.74, 6) is -2.84. The standard InChI is InChI=1S/C16H23ClN2O.C2H2O4/c1-3-5-14-6-4-7-15(17)16(14)20-13-12-19-10-8-18(2)9-11-19;3-1(4)2(5)6/h3-4,6-7H,1,5,8-13H2,2H3;(H,3,4)(H,5,6). The summed E-state index contributed by atoms with van der Waals surface area (Å²) in [4.78, 5) is 23.0. The van der Waals surface area contributed by atoms with Crippen LogP contribution in [0.5, 0.6) is 5.75 Å². The highest BCUT2D eigenvalue weighted by Gasteiger charge is 2.14. The van der Waals surface area contributed by atoms with Crippen LogP contribution in [0.25, 0.3) is 0 Å². The molecule has 1 fully saturated rings. The molecule has 0 saturated carbocycles. The maximum atomic E-state index is 9.10. The van der Waals surface area contributed by atoms with E-state index in [9.17, 15) is 0 Å². The van der Waals surface area contributed by atoms with Gasteiger partial charge >= 0.3 is 11.9 Å². The van der Waals surface area contributed by atoms with E-state index in [1.54, 1.807) is 0 Å². The van der Waals surface area contributed by atoms with Crippen molar-refractivity contribution in [1.29, 1.82) is 0 Å². The second kappa shape index (κ2) is 11.5. The van der Waals surface area contributed by atoms with E-state index >= 15 is 0 Å². The zero-order valence-electron chi connectivity index (χ0n) is 14.9.